The van der Waals surface area contributed by atoms with Crippen molar-refractivity contribution in [3.05, 3.63) is 53.3 Å². The van der Waals surface area contributed by atoms with E-state index >= 15 is 0 Å². The Hall–Kier alpha value is -3.46. The Morgan fingerprint density at radius 1 is 1.19 bits per heavy atom. The molecule has 0 atom stereocenters. The fourth-order valence-electron chi connectivity index (χ4n) is 4.06. The number of carbonyl (C=O) groups is 2. The van der Waals surface area contributed by atoms with Crippen LogP contribution in [0.15, 0.2) is 36.9 Å². The van der Waals surface area contributed by atoms with Crippen LogP contribution in [0, 0.1) is 0 Å². The second kappa shape index (κ2) is 6.52. The fraction of sp³-hybridized carbons (Fsp3) is 0.286. The Balaban J connectivity index is 1.43. The molecule has 9 nitrogen and oxygen atoms in total. The van der Waals surface area contributed by atoms with Gasteiger partial charge in [-0.15, -0.1) is 0 Å². The third kappa shape index (κ3) is 2.96. The molecule has 0 unspecified atom stereocenters. The van der Waals surface area contributed by atoms with Crippen LogP contribution in [0.1, 0.15) is 30.0 Å². The summed E-state index contributed by atoms with van der Waals surface area (Å²) in [6.07, 6.45) is 9.76. The van der Waals surface area contributed by atoms with Crippen molar-refractivity contribution in [3.63, 3.8) is 0 Å². The highest BCUT2D eigenvalue weighted by molar-refractivity contribution is 6.34. The highest BCUT2D eigenvalue weighted by Gasteiger charge is 2.36. The van der Waals surface area contributed by atoms with E-state index in [9.17, 15) is 9.59 Å². The standard InChI is InChI=1S/C21H18ClN7O2/c1-26-18(30)11-29(21(26)31)17-6-13(12-2-3-12)7-27-8-14(24-20(17)27)9-28-10-15-16(25-28)4-5-23-19(15)22/h4-8,10,12H,2-3,9,11H2,1H3. The average Bonchev–Trinajstić information content (AvgIpc) is 3.32. The minimum Gasteiger partial charge on any atom is -0.305 e. The normalized spacial score (nSPS) is 17.0. The van der Waals surface area contributed by atoms with E-state index in [-0.39, 0.29) is 18.5 Å². The van der Waals surface area contributed by atoms with Gasteiger partial charge in [0.15, 0.2) is 5.65 Å². The molecule has 3 amide bonds. The Morgan fingerprint density at radius 2 is 2.03 bits per heavy atom. The minimum absolute atomic E-state index is 0.0252. The number of anilines is 1. The molecule has 0 aromatic carbocycles. The summed E-state index contributed by atoms with van der Waals surface area (Å²) >= 11 is 6.17. The molecule has 0 N–H and O–H groups in total. The molecule has 1 saturated carbocycles. The van der Waals surface area contributed by atoms with E-state index in [1.807, 2.05) is 28.9 Å². The van der Waals surface area contributed by atoms with Crippen molar-refractivity contribution in [1.29, 1.82) is 0 Å². The zero-order valence-corrected chi connectivity index (χ0v) is 17.5. The molecule has 2 aliphatic rings. The van der Waals surface area contributed by atoms with Gasteiger partial charge in [0.2, 0.25) is 5.91 Å². The molecule has 0 spiro atoms. The first-order valence-corrected chi connectivity index (χ1v) is 10.4. The molecule has 4 aromatic rings. The van der Waals surface area contributed by atoms with Crippen molar-refractivity contribution in [2.45, 2.75) is 25.3 Å². The molecule has 0 radical (unpaired) electrons. The van der Waals surface area contributed by atoms with Gasteiger partial charge in [-0.25, -0.2) is 14.8 Å². The van der Waals surface area contributed by atoms with Crippen molar-refractivity contribution in [1.82, 2.24) is 29.0 Å². The molecule has 1 aliphatic carbocycles. The van der Waals surface area contributed by atoms with Crippen molar-refractivity contribution in [3.8, 4) is 0 Å². The fourth-order valence-corrected chi connectivity index (χ4v) is 4.26. The van der Waals surface area contributed by atoms with Crippen LogP contribution in [-0.2, 0) is 11.3 Å². The maximum atomic E-state index is 12.6. The number of imide groups is 1. The Morgan fingerprint density at radius 3 is 2.74 bits per heavy atom. The average molecular weight is 436 g/mol. The Kier molecular flexibility index (Phi) is 3.85. The van der Waals surface area contributed by atoms with Crippen LogP contribution in [0.3, 0.4) is 0 Å². The number of nitrogens with zero attached hydrogens (tertiary/aromatic N) is 7. The topological polar surface area (TPSA) is 88.6 Å². The molecular formula is C21H18ClN7O2. The van der Waals surface area contributed by atoms with E-state index in [1.54, 1.807) is 10.9 Å². The lowest BCUT2D eigenvalue weighted by Gasteiger charge is -2.17. The summed E-state index contributed by atoms with van der Waals surface area (Å²) in [4.78, 5) is 36.3. The number of aromatic nitrogens is 5. The monoisotopic (exact) mass is 435 g/mol. The van der Waals surface area contributed by atoms with Crippen LogP contribution >= 0.6 is 11.6 Å². The zero-order chi connectivity index (χ0) is 21.3. The molecule has 4 aromatic heterocycles. The number of hydrogen-bond donors (Lipinski definition) is 0. The Labute approximate surface area is 181 Å². The molecular weight excluding hydrogens is 418 g/mol. The molecule has 6 rings (SSSR count). The first-order chi connectivity index (χ1) is 15.0. The van der Waals surface area contributed by atoms with Crippen LogP contribution in [0.25, 0.3) is 16.6 Å². The van der Waals surface area contributed by atoms with Gasteiger partial charge in [0, 0.05) is 31.8 Å². The molecule has 156 valence electrons. The smallest absolute Gasteiger partial charge is 0.305 e. The van der Waals surface area contributed by atoms with Crippen molar-refractivity contribution < 1.29 is 9.59 Å². The summed E-state index contributed by atoms with van der Waals surface area (Å²) in [5, 5.41) is 5.75. The van der Waals surface area contributed by atoms with E-state index in [4.69, 9.17) is 16.6 Å². The summed E-state index contributed by atoms with van der Waals surface area (Å²) in [5.41, 5.74) is 4.02. The van der Waals surface area contributed by atoms with Crippen LogP contribution in [0.5, 0.6) is 0 Å². The molecule has 1 saturated heterocycles. The van der Waals surface area contributed by atoms with E-state index in [1.165, 1.54) is 11.9 Å². The van der Waals surface area contributed by atoms with Gasteiger partial charge >= 0.3 is 6.03 Å². The Bertz CT molecular complexity index is 1390. The van der Waals surface area contributed by atoms with Crippen LogP contribution in [0.2, 0.25) is 5.15 Å². The number of likely N-dealkylation sites (N-methyl/N-ethyl adjacent to an activating group) is 1. The molecule has 2 fully saturated rings. The number of imidazole rings is 1. The van der Waals surface area contributed by atoms with Crippen molar-refractivity contribution in [2.24, 2.45) is 0 Å². The lowest BCUT2D eigenvalue weighted by Crippen LogP contribution is -2.30. The van der Waals surface area contributed by atoms with Gasteiger partial charge < -0.3 is 4.40 Å². The van der Waals surface area contributed by atoms with Gasteiger partial charge in [0.25, 0.3) is 0 Å². The predicted octanol–water partition coefficient (Wildman–Crippen LogP) is 3.06. The van der Waals surface area contributed by atoms with Gasteiger partial charge in [-0.2, -0.15) is 5.10 Å². The van der Waals surface area contributed by atoms with Gasteiger partial charge in [-0.3, -0.25) is 19.3 Å². The number of rotatable bonds is 4. The summed E-state index contributed by atoms with van der Waals surface area (Å²) in [6.45, 7) is 0.467. The third-order valence-electron chi connectivity index (χ3n) is 5.88. The van der Waals surface area contributed by atoms with Gasteiger partial charge in [0.1, 0.15) is 11.7 Å². The predicted molar refractivity (Wildman–Crippen MR) is 114 cm³/mol. The van der Waals surface area contributed by atoms with Crippen LogP contribution in [0.4, 0.5) is 10.5 Å². The number of halogens is 1. The third-order valence-corrected chi connectivity index (χ3v) is 6.19. The van der Waals surface area contributed by atoms with Crippen molar-refractivity contribution in [2.75, 3.05) is 18.5 Å². The first kappa shape index (κ1) is 18.3. The van der Waals surface area contributed by atoms with Crippen molar-refractivity contribution >= 4 is 45.8 Å². The highest BCUT2D eigenvalue weighted by atomic mass is 35.5. The van der Waals surface area contributed by atoms with E-state index in [2.05, 4.69) is 16.3 Å². The number of hydrogen-bond acceptors (Lipinski definition) is 5. The SMILES string of the molecule is CN1C(=O)CN(c2cc(C3CC3)cn3cc(Cn4cc5c(Cl)nccc5n4)nc23)C1=O. The second-order valence-corrected chi connectivity index (χ2v) is 8.44. The van der Waals surface area contributed by atoms with E-state index in [0.29, 0.717) is 29.0 Å². The molecule has 31 heavy (non-hydrogen) atoms. The maximum absolute atomic E-state index is 12.6. The molecule has 1 aliphatic heterocycles. The highest BCUT2D eigenvalue weighted by Crippen LogP contribution is 2.42. The number of carbonyl (C=O) groups excluding carboxylic acids is 2. The molecule has 10 heteroatoms. The maximum Gasteiger partial charge on any atom is 0.331 e. The molecule has 0 bridgehead atoms. The summed E-state index contributed by atoms with van der Waals surface area (Å²) in [5.74, 6) is 0.270. The number of amides is 3. The van der Waals surface area contributed by atoms with Gasteiger partial charge in [-0.05, 0) is 36.5 Å². The second-order valence-electron chi connectivity index (χ2n) is 8.08. The number of urea groups is 1. The number of pyridine rings is 2. The minimum atomic E-state index is -0.329. The lowest BCUT2D eigenvalue weighted by atomic mass is 10.1. The van der Waals surface area contributed by atoms with Gasteiger partial charge in [-0.1, -0.05) is 11.6 Å². The summed E-state index contributed by atoms with van der Waals surface area (Å²) < 4.78 is 3.73. The quantitative estimate of drug-likeness (QED) is 0.363. The van der Waals surface area contributed by atoms with E-state index < -0.39 is 0 Å². The summed E-state index contributed by atoms with van der Waals surface area (Å²) in [7, 11) is 1.51. The lowest BCUT2D eigenvalue weighted by molar-refractivity contribution is -0.123. The summed E-state index contributed by atoms with van der Waals surface area (Å²) in [6, 6.07) is 3.49. The largest absolute Gasteiger partial charge is 0.331 e. The van der Waals surface area contributed by atoms with Crippen LogP contribution in [-0.4, -0.2) is 54.6 Å². The first-order valence-electron chi connectivity index (χ1n) is 10.0. The number of fused-ring (bicyclic) bond motifs is 2. The molecule has 5 heterocycles. The zero-order valence-electron chi connectivity index (χ0n) is 16.7. The van der Waals surface area contributed by atoms with E-state index in [0.717, 1.165) is 39.9 Å². The van der Waals surface area contributed by atoms with Crippen LogP contribution < -0.4 is 4.90 Å². The van der Waals surface area contributed by atoms with Gasteiger partial charge in [0.05, 0.1) is 28.8 Å².